The Hall–Kier alpha value is -1.05. The van der Waals surface area contributed by atoms with Gasteiger partial charge in [-0.05, 0) is 19.9 Å². The Morgan fingerprint density at radius 2 is 2.47 bits per heavy atom. The third-order valence-corrected chi connectivity index (χ3v) is 2.65. The normalized spacial score (nSPS) is 12.4. The molecule has 1 aromatic rings. The first-order chi connectivity index (χ1) is 7.19. The monoisotopic (exact) mass is 226 g/mol. The highest BCUT2D eigenvalue weighted by atomic mass is 35.5. The molecular weight excluding hydrogens is 212 g/mol. The van der Waals surface area contributed by atoms with Gasteiger partial charge in [0.2, 0.25) is 0 Å². The van der Waals surface area contributed by atoms with Gasteiger partial charge >= 0.3 is 0 Å². The van der Waals surface area contributed by atoms with Crippen molar-refractivity contribution >= 4 is 11.6 Å². The van der Waals surface area contributed by atoms with Crippen LogP contribution in [0.5, 0.6) is 0 Å². The molecule has 0 aliphatic rings. The Morgan fingerprint density at radius 1 is 1.73 bits per heavy atom. The standard InChI is InChI=1S/C10H15ClN4/c1-3-13-9(6-12)4-5-15-8(2)10(11)7-14-15/h7,9,13H,3-5H2,1-2H3. The molecule has 0 amide bonds. The van der Waals surface area contributed by atoms with E-state index in [1.807, 2.05) is 18.5 Å². The highest BCUT2D eigenvalue weighted by Gasteiger charge is 2.08. The maximum absolute atomic E-state index is 8.84. The summed E-state index contributed by atoms with van der Waals surface area (Å²) in [5.74, 6) is 0. The van der Waals surface area contributed by atoms with Crippen molar-refractivity contribution in [2.45, 2.75) is 32.9 Å². The van der Waals surface area contributed by atoms with Crippen LogP contribution in [0, 0.1) is 18.3 Å². The zero-order valence-electron chi connectivity index (χ0n) is 9.00. The molecule has 82 valence electrons. The highest BCUT2D eigenvalue weighted by Crippen LogP contribution is 2.13. The predicted molar refractivity (Wildman–Crippen MR) is 59.7 cm³/mol. The molecule has 4 nitrogen and oxygen atoms in total. The SMILES string of the molecule is CCNC(C#N)CCn1ncc(Cl)c1C. The zero-order valence-corrected chi connectivity index (χ0v) is 9.75. The van der Waals surface area contributed by atoms with Gasteiger partial charge < -0.3 is 5.32 Å². The number of rotatable bonds is 5. The maximum atomic E-state index is 8.84. The maximum Gasteiger partial charge on any atom is 0.0970 e. The van der Waals surface area contributed by atoms with Crippen LogP contribution in [0.4, 0.5) is 0 Å². The van der Waals surface area contributed by atoms with E-state index in [0.29, 0.717) is 11.6 Å². The smallest absolute Gasteiger partial charge is 0.0970 e. The van der Waals surface area contributed by atoms with Gasteiger partial charge in [-0.15, -0.1) is 0 Å². The molecule has 0 saturated heterocycles. The molecule has 5 heteroatoms. The Labute approximate surface area is 94.8 Å². The minimum atomic E-state index is -0.114. The van der Waals surface area contributed by atoms with Crippen molar-refractivity contribution < 1.29 is 0 Å². The van der Waals surface area contributed by atoms with Gasteiger partial charge in [-0.1, -0.05) is 18.5 Å². The average molecular weight is 227 g/mol. The lowest BCUT2D eigenvalue weighted by atomic mass is 10.2. The van der Waals surface area contributed by atoms with Crippen LogP contribution in [-0.2, 0) is 6.54 Å². The minimum Gasteiger partial charge on any atom is -0.302 e. The van der Waals surface area contributed by atoms with Gasteiger partial charge in [0.15, 0.2) is 0 Å². The summed E-state index contributed by atoms with van der Waals surface area (Å²) in [5, 5.41) is 16.7. The third kappa shape index (κ3) is 3.22. The summed E-state index contributed by atoms with van der Waals surface area (Å²) in [7, 11) is 0. The molecule has 0 aliphatic heterocycles. The lowest BCUT2D eigenvalue weighted by Crippen LogP contribution is -2.28. The van der Waals surface area contributed by atoms with E-state index in [0.717, 1.165) is 18.7 Å². The summed E-state index contributed by atoms with van der Waals surface area (Å²) < 4.78 is 1.82. The Kier molecular flexibility index (Phi) is 4.60. The van der Waals surface area contributed by atoms with E-state index in [4.69, 9.17) is 16.9 Å². The molecule has 0 aromatic carbocycles. The molecule has 1 atom stereocenters. The van der Waals surface area contributed by atoms with E-state index in [9.17, 15) is 0 Å². The fraction of sp³-hybridized carbons (Fsp3) is 0.600. The van der Waals surface area contributed by atoms with Crippen molar-refractivity contribution in [3.05, 3.63) is 16.9 Å². The second-order valence-electron chi connectivity index (χ2n) is 3.33. The lowest BCUT2D eigenvalue weighted by Gasteiger charge is -2.10. The number of aryl methyl sites for hydroxylation is 1. The van der Waals surface area contributed by atoms with Crippen molar-refractivity contribution in [1.82, 2.24) is 15.1 Å². The van der Waals surface area contributed by atoms with E-state index in [2.05, 4.69) is 16.5 Å². The van der Waals surface area contributed by atoms with E-state index in [1.54, 1.807) is 6.20 Å². The number of hydrogen-bond acceptors (Lipinski definition) is 3. The van der Waals surface area contributed by atoms with E-state index in [-0.39, 0.29) is 6.04 Å². The van der Waals surface area contributed by atoms with Gasteiger partial charge in [-0.2, -0.15) is 10.4 Å². The summed E-state index contributed by atoms with van der Waals surface area (Å²) in [6, 6.07) is 2.10. The van der Waals surface area contributed by atoms with Crippen LogP contribution >= 0.6 is 11.6 Å². The van der Waals surface area contributed by atoms with E-state index in [1.165, 1.54) is 0 Å². The van der Waals surface area contributed by atoms with Gasteiger partial charge in [0.25, 0.3) is 0 Å². The number of nitriles is 1. The number of nitrogens with one attached hydrogen (secondary N) is 1. The average Bonchev–Trinajstić information content (AvgIpc) is 2.55. The van der Waals surface area contributed by atoms with Crippen LogP contribution < -0.4 is 5.32 Å². The van der Waals surface area contributed by atoms with Crippen molar-refractivity contribution in [3.8, 4) is 6.07 Å². The van der Waals surface area contributed by atoms with E-state index < -0.39 is 0 Å². The molecule has 1 N–H and O–H groups in total. The summed E-state index contributed by atoms with van der Waals surface area (Å²) >= 11 is 5.88. The second kappa shape index (κ2) is 5.74. The topological polar surface area (TPSA) is 53.6 Å². The molecule has 0 aliphatic carbocycles. The van der Waals surface area contributed by atoms with Crippen LogP contribution in [0.3, 0.4) is 0 Å². The first-order valence-electron chi connectivity index (χ1n) is 5.00. The molecule has 1 heterocycles. The van der Waals surface area contributed by atoms with Crippen molar-refractivity contribution in [2.24, 2.45) is 0 Å². The van der Waals surface area contributed by atoms with Gasteiger partial charge in [-0.25, -0.2) is 0 Å². The van der Waals surface area contributed by atoms with Gasteiger partial charge in [0, 0.05) is 6.54 Å². The lowest BCUT2D eigenvalue weighted by molar-refractivity contribution is 0.495. The molecule has 15 heavy (non-hydrogen) atoms. The number of nitrogens with zero attached hydrogens (tertiary/aromatic N) is 3. The predicted octanol–water partition coefficient (Wildman–Crippen LogP) is 1.74. The van der Waals surface area contributed by atoms with Crippen LogP contribution in [0.25, 0.3) is 0 Å². The Morgan fingerprint density at radius 3 is 2.93 bits per heavy atom. The van der Waals surface area contributed by atoms with Crippen LogP contribution in [0.15, 0.2) is 6.20 Å². The minimum absolute atomic E-state index is 0.114. The molecule has 1 aromatic heterocycles. The fourth-order valence-corrected chi connectivity index (χ4v) is 1.50. The van der Waals surface area contributed by atoms with Crippen LogP contribution in [0.2, 0.25) is 5.02 Å². The molecular formula is C10H15ClN4. The fourth-order valence-electron chi connectivity index (χ4n) is 1.36. The third-order valence-electron chi connectivity index (χ3n) is 2.28. The molecule has 0 radical (unpaired) electrons. The number of aromatic nitrogens is 2. The second-order valence-corrected chi connectivity index (χ2v) is 3.74. The summed E-state index contributed by atoms with van der Waals surface area (Å²) in [6.07, 6.45) is 2.37. The molecule has 0 saturated carbocycles. The van der Waals surface area contributed by atoms with Crippen LogP contribution in [0.1, 0.15) is 19.0 Å². The van der Waals surface area contributed by atoms with Crippen molar-refractivity contribution in [1.29, 1.82) is 5.26 Å². The molecule has 0 fully saturated rings. The van der Waals surface area contributed by atoms with Gasteiger partial charge in [0.1, 0.15) is 0 Å². The summed E-state index contributed by atoms with van der Waals surface area (Å²) in [4.78, 5) is 0. The quantitative estimate of drug-likeness (QED) is 0.832. The van der Waals surface area contributed by atoms with Crippen molar-refractivity contribution in [2.75, 3.05) is 6.54 Å². The largest absolute Gasteiger partial charge is 0.302 e. The Balaban J connectivity index is 2.50. The van der Waals surface area contributed by atoms with Gasteiger partial charge in [0.05, 0.1) is 29.0 Å². The van der Waals surface area contributed by atoms with Crippen molar-refractivity contribution in [3.63, 3.8) is 0 Å². The Bertz CT molecular complexity index is 353. The molecule has 0 spiro atoms. The highest BCUT2D eigenvalue weighted by molar-refractivity contribution is 6.31. The number of hydrogen-bond donors (Lipinski definition) is 1. The number of halogens is 1. The van der Waals surface area contributed by atoms with Gasteiger partial charge in [-0.3, -0.25) is 4.68 Å². The first-order valence-corrected chi connectivity index (χ1v) is 5.37. The first kappa shape index (κ1) is 12.0. The zero-order chi connectivity index (χ0) is 11.3. The van der Waals surface area contributed by atoms with E-state index >= 15 is 0 Å². The molecule has 1 unspecified atom stereocenters. The summed E-state index contributed by atoms with van der Waals surface area (Å²) in [6.45, 7) is 5.42. The molecule has 1 rings (SSSR count). The van der Waals surface area contributed by atoms with Crippen LogP contribution in [-0.4, -0.2) is 22.4 Å². The molecule has 0 bridgehead atoms. The summed E-state index contributed by atoms with van der Waals surface area (Å²) in [5.41, 5.74) is 0.949.